The number of thiophene rings is 1. The lowest BCUT2D eigenvalue weighted by Gasteiger charge is -2.05. The number of nitrogens with zero attached hydrogens (tertiary/aromatic N) is 3. The van der Waals surface area contributed by atoms with Crippen molar-refractivity contribution in [3.05, 3.63) is 66.2 Å². The molecule has 0 spiro atoms. The van der Waals surface area contributed by atoms with E-state index < -0.39 is 0 Å². The van der Waals surface area contributed by atoms with E-state index >= 15 is 0 Å². The quantitative estimate of drug-likeness (QED) is 0.531. The van der Waals surface area contributed by atoms with Gasteiger partial charge in [-0.05, 0) is 31.5 Å². The Kier molecular flexibility index (Phi) is 3.39. The van der Waals surface area contributed by atoms with Gasteiger partial charge < -0.3 is 0 Å². The molecule has 4 rings (SSSR count). The van der Waals surface area contributed by atoms with E-state index in [0.717, 1.165) is 37.7 Å². The van der Waals surface area contributed by atoms with Crippen molar-refractivity contribution in [2.75, 3.05) is 0 Å². The predicted octanol–water partition coefficient (Wildman–Crippen LogP) is 4.84. The zero-order valence-corrected chi connectivity index (χ0v) is 13.7. The Hall–Kier alpha value is -2.59. The highest BCUT2D eigenvalue weighted by Crippen LogP contribution is 2.42. The third-order valence-corrected chi connectivity index (χ3v) is 4.83. The van der Waals surface area contributed by atoms with Crippen molar-refractivity contribution in [2.24, 2.45) is 0 Å². The normalized spacial score (nSPS) is 11.0. The fraction of sp³-hybridized carbons (Fsp3) is 0.105. The van der Waals surface area contributed by atoms with Crippen LogP contribution in [0.2, 0.25) is 0 Å². The lowest BCUT2D eigenvalue weighted by Crippen LogP contribution is -1.87. The van der Waals surface area contributed by atoms with Gasteiger partial charge in [-0.25, -0.2) is 9.97 Å². The maximum atomic E-state index is 4.57. The summed E-state index contributed by atoms with van der Waals surface area (Å²) >= 11 is 1.65. The van der Waals surface area contributed by atoms with Crippen LogP contribution in [0.15, 0.2) is 48.7 Å². The van der Waals surface area contributed by atoms with Crippen molar-refractivity contribution in [2.45, 2.75) is 13.8 Å². The maximum Gasteiger partial charge on any atom is 0.128 e. The number of fused-ring (bicyclic) bond motifs is 1. The number of hydrogen-bond donors (Lipinski definition) is 0. The van der Waals surface area contributed by atoms with Gasteiger partial charge in [0.05, 0.1) is 10.6 Å². The van der Waals surface area contributed by atoms with Gasteiger partial charge >= 0.3 is 0 Å². The summed E-state index contributed by atoms with van der Waals surface area (Å²) in [4.78, 5) is 15.4. The standard InChI is InChI=1S/C19H14N3S/c1-12-6-8-14(9-7-12)17-15-11-21-13(2)22-19(15)23-18(17)16-5-3-4-10-20-16/h3-10H,1-2H3. The molecule has 0 unspecified atom stereocenters. The number of rotatable bonds is 2. The Labute approximate surface area is 138 Å². The fourth-order valence-electron chi connectivity index (χ4n) is 2.58. The zero-order chi connectivity index (χ0) is 15.8. The lowest BCUT2D eigenvalue weighted by molar-refractivity contribution is 1.09. The summed E-state index contributed by atoms with van der Waals surface area (Å²) in [5.41, 5.74) is 4.45. The molecule has 0 fully saturated rings. The number of hydrogen-bond acceptors (Lipinski definition) is 4. The van der Waals surface area contributed by atoms with Crippen LogP contribution in [-0.4, -0.2) is 15.0 Å². The smallest absolute Gasteiger partial charge is 0.128 e. The van der Waals surface area contributed by atoms with Crippen LogP contribution in [0.3, 0.4) is 0 Å². The third-order valence-electron chi connectivity index (χ3n) is 3.72. The molecular weight excluding hydrogens is 302 g/mol. The number of aromatic nitrogens is 3. The minimum Gasteiger partial charge on any atom is -0.255 e. The van der Waals surface area contributed by atoms with E-state index in [1.165, 1.54) is 5.56 Å². The molecule has 0 saturated carbocycles. The highest BCUT2D eigenvalue weighted by atomic mass is 32.1. The monoisotopic (exact) mass is 316 g/mol. The van der Waals surface area contributed by atoms with E-state index in [-0.39, 0.29) is 0 Å². The van der Waals surface area contributed by atoms with E-state index in [0.29, 0.717) is 0 Å². The van der Waals surface area contributed by atoms with Gasteiger partial charge in [0, 0.05) is 17.1 Å². The minimum atomic E-state index is 0.738. The highest BCUT2D eigenvalue weighted by Gasteiger charge is 2.18. The van der Waals surface area contributed by atoms with Crippen LogP contribution in [0, 0.1) is 20.0 Å². The van der Waals surface area contributed by atoms with Crippen LogP contribution < -0.4 is 0 Å². The van der Waals surface area contributed by atoms with Crippen molar-refractivity contribution in [3.63, 3.8) is 0 Å². The molecule has 0 bridgehead atoms. The molecule has 0 aliphatic heterocycles. The second-order valence-electron chi connectivity index (χ2n) is 5.45. The second kappa shape index (κ2) is 5.56. The van der Waals surface area contributed by atoms with E-state index in [2.05, 4.69) is 52.3 Å². The molecule has 3 nitrogen and oxygen atoms in total. The van der Waals surface area contributed by atoms with Gasteiger partial charge in [-0.1, -0.05) is 35.9 Å². The van der Waals surface area contributed by atoms with Crippen molar-refractivity contribution in [1.29, 1.82) is 0 Å². The summed E-state index contributed by atoms with van der Waals surface area (Å²) in [6, 6.07) is 14.5. The van der Waals surface area contributed by atoms with Gasteiger partial charge in [-0.15, -0.1) is 11.3 Å². The topological polar surface area (TPSA) is 38.7 Å². The first kappa shape index (κ1) is 14.0. The zero-order valence-electron chi connectivity index (χ0n) is 12.9. The highest BCUT2D eigenvalue weighted by molar-refractivity contribution is 7.22. The molecule has 23 heavy (non-hydrogen) atoms. The van der Waals surface area contributed by atoms with Crippen molar-refractivity contribution in [3.8, 4) is 21.7 Å². The summed E-state index contributed by atoms with van der Waals surface area (Å²) in [6.07, 6.45) is 4.98. The molecular formula is C19H14N3S. The number of aryl methyl sites for hydroxylation is 2. The Balaban J connectivity index is 2.05. The molecule has 111 valence electrons. The number of pyridine rings is 1. The molecule has 1 aromatic carbocycles. The minimum absolute atomic E-state index is 0.738. The van der Waals surface area contributed by atoms with Crippen LogP contribution in [0.5, 0.6) is 0 Å². The summed E-state index contributed by atoms with van der Waals surface area (Å²) < 4.78 is 0. The molecule has 4 aromatic rings. The molecule has 0 aliphatic rings. The van der Waals surface area contributed by atoms with Crippen LogP contribution >= 0.6 is 11.3 Å². The molecule has 3 aromatic heterocycles. The average Bonchev–Trinajstić information content (AvgIpc) is 2.95. The molecule has 1 radical (unpaired) electrons. The fourth-order valence-corrected chi connectivity index (χ4v) is 3.75. The Morgan fingerprint density at radius 1 is 1.00 bits per heavy atom. The van der Waals surface area contributed by atoms with Gasteiger partial charge in [-0.2, -0.15) is 0 Å². The average molecular weight is 316 g/mol. The first-order valence-corrected chi connectivity index (χ1v) is 8.21. The van der Waals surface area contributed by atoms with Crippen LogP contribution in [0.4, 0.5) is 0 Å². The molecule has 4 heteroatoms. The van der Waals surface area contributed by atoms with Crippen molar-refractivity contribution >= 4 is 21.6 Å². The summed E-state index contributed by atoms with van der Waals surface area (Å²) in [6.45, 7) is 3.98. The molecule has 0 aliphatic carbocycles. The molecule has 0 atom stereocenters. The lowest BCUT2D eigenvalue weighted by atomic mass is 10.0. The largest absolute Gasteiger partial charge is 0.255 e. The first-order valence-electron chi connectivity index (χ1n) is 7.39. The van der Waals surface area contributed by atoms with Gasteiger partial charge in [0.1, 0.15) is 16.9 Å². The third kappa shape index (κ3) is 2.51. The van der Waals surface area contributed by atoms with E-state index in [4.69, 9.17) is 0 Å². The van der Waals surface area contributed by atoms with E-state index in [9.17, 15) is 0 Å². The summed E-state index contributed by atoms with van der Waals surface area (Å²) in [5, 5.41) is 0.963. The van der Waals surface area contributed by atoms with Gasteiger partial charge in [0.25, 0.3) is 0 Å². The summed E-state index contributed by atoms with van der Waals surface area (Å²) in [5.74, 6) is 0.738. The maximum absolute atomic E-state index is 4.57. The second-order valence-corrected chi connectivity index (χ2v) is 6.45. The molecule has 0 saturated heterocycles. The SMILES string of the molecule is Cc1ccc(-c2c(-c3ccccn3)sc3nc(C)n[c]c23)cc1. The van der Waals surface area contributed by atoms with E-state index in [1.54, 1.807) is 11.3 Å². The van der Waals surface area contributed by atoms with Gasteiger partial charge in [-0.3, -0.25) is 4.98 Å². The van der Waals surface area contributed by atoms with Crippen LogP contribution in [-0.2, 0) is 0 Å². The van der Waals surface area contributed by atoms with Crippen LogP contribution in [0.1, 0.15) is 11.4 Å². The van der Waals surface area contributed by atoms with E-state index in [1.807, 2.05) is 31.3 Å². The molecule has 0 N–H and O–H groups in total. The molecule has 3 heterocycles. The summed E-state index contributed by atoms with van der Waals surface area (Å²) in [7, 11) is 0. The van der Waals surface area contributed by atoms with Gasteiger partial charge in [0.15, 0.2) is 0 Å². The Morgan fingerprint density at radius 3 is 2.57 bits per heavy atom. The molecule has 0 amide bonds. The predicted molar refractivity (Wildman–Crippen MR) is 94.4 cm³/mol. The van der Waals surface area contributed by atoms with Crippen molar-refractivity contribution < 1.29 is 0 Å². The van der Waals surface area contributed by atoms with Crippen LogP contribution in [0.25, 0.3) is 31.9 Å². The Morgan fingerprint density at radius 2 is 1.83 bits per heavy atom. The van der Waals surface area contributed by atoms with Gasteiger partial charge in [0.2, 0.25) is 0 Å². The Bertz CT molecular complexity index is 973. The first-order chi connectivity index (χ1) is 11.2. The number of benzene rings is 1. The van der Waals surface area contributed by atoms with Crippen molar-refractivity contribution in [1.82, 2.24) is 15.0 Å².